The van der Waals surface area contributed by atoms with E-state index in [0.29, 0.717) is 26.0 Å². The average Bonchev–Trinajstić information content (AvgIpc) is 2.89. The molecule has 2 rings (SSSR count). The monoisotopic (exact) mass is 344 g/mol. The molecular formula is C20H28N2O3. The molecule has 0 radical (unpaired) electrons. The largest absolute Gasteiger partial charge is 0.493 e. The van der Waals surface area contributed by atoms with E-state index in [1.54, 1.807) is 4.90 Å². The van der Waals surface area contributed by atoms with E-state index in [4.69, 9.17) is 9.26 Å². The van der Waals surface area contributed by atoms with Crippen molar-refractivity contribution < 1.29 is 14.1 Å². The molecule has 136 valence electrons. The molecule has 1 heterocycles. The van der Waals surface area contributed by atoms with Crippen molar-refractivity contribution in [3.63, 3.8) is 0 Å². The summed E-state index contributed by atoms with van der Waals surface area (Å²) >= 11 is 0. The van der Waals surface area contributed by atoms with Gasteiger partial charge in [-0.05, 0) is 51.7 Å². The molecule has 0 bridgehead atoms. The van der Waals surface area contributed by atoms with Gasteiger partial charge in [0.2, 0.25) is 5.91 Å². The SMILES string of the molecule is Cc1cccc(C)c1OCCCN(C)C(=O)CCc1c(C)noc1C. The van der Waals surface area contributed by atoms with Gasteiger partial charge in [-0.25, -0.2) is 0 Å². The fourth-order valence-corrected chi connectivity index (χ4v) is 2.91. The summed E-state index contributed by atoms with van der Waals surface area (Å²) in [7, 11) is 1.84. The van der Waals surface area contributed by atoms with Gasteiger partial charge in [-0.1, -0.05) is 23.4 Å². The zero-order valence-corrected chi connectivity index (χ0v) is 15.9. The lowest BCUT2D eigenvalue weighted by Gasteiger charge is -2.18. The lowest BCUT2D eigenvalue weighted by Crippen LogP contribution is -2.29. The lowest BCUT2D eigenvalue weighted by molar-refractivity contribution is -0.129. The molecular weight excluding hydrogens is 316 g/mol. The molecule has 0 aliphatic heterocycles. The highest BCUT2D eigenvalue weighted by atomic mass is 16.5. The van der Waals surface area contributed by atoms with E-state index in [2.05, 4.69) is 5.16 Å². The number of hydrogen-bond donors (Lipinski definition) is 0. The van der Waals surface area contributed by atoms with Gasteiger partial charge >= 0.3 is 0 Å². The second-order valence-electron chi connectivity index (χ2n) is 6.54. The molecule has 0 N–H and O–H groups in total. The van der Waals surface area contributed by atoms with Crippen molar-refractivity contribution in [2.75, 3.05) is 20.2 Å². The molecule has 0 atom stereocenters. The first kappa shape index (κ1) is 19.0. The van der Waals surface area contributed by atoms with Crippen molar-refractivity contribution in [2.45, 2.75) is 47.0 Å². The molecule has 1 aromatic carbocycles. The molecule has 5 heteroatoms. The predicted octanol–water partition coefficient (Wildman–Crippen LogP) is 3.77. The van der Waals surface area contributed by atoms with Crippen LogP contribution in [0.2, 0.25) is 0 Å². The van der Waals surface area contributed by atoms with Crippen molar-refractivity contribution >= 4 is 5.91 Å². The number of hydrogen-bond acceptors (Lipinski definition) is 4. The number of carbonyl (C=O) groups excluding carboxylic acids is 1. The first-order chi connectivity index (χ1) is 11.9. The zero-order chi connectivity index (χ0) is 18.4. The van der Waals surface area contributed by atoms with Crippen LogP contribution in [0.25, 0.3) is 0 Å². The third-order valence-corrected chi connectivity index (χ3v) is 4.49. The Morgan fingerprint density at radius 1 is 1.20 bits per heavy atom. The minimum absolute atomic E-state index is 0.132. The number of nitrogens with zero attached hydrogens (tertiary/aromatic N) is 2. The minimum atomic E-state index is 0.132. The van der Waals surface area contributed by atoms with E-state index in [0.717, 1.165) is 40.3 Å². The standard InChI is InChI=1S/C20H28N2O3/c1-14-8-6-9-15(2)20(14)24-13-7-12-22(5)19(23)11-10-18-16(3)21-25-17(18)4/h6,8-9H,7,10-13H2,1-5H3. The van der Waals surface area contributed by atoms with Crippen LogP contribution in [0.4, 0.5) is 0 Å². The van der Waals surface area contributed by atoms with Gasteiger partial charge in [0.15, 0.2) is 0 Å². The quantitative estimate of drug-likeness (QED) is 0.684. The van der Waals surface area contributed by atoms with E-state index in [1.807, 2.05) is 52.9 Å². The van der Waals surface area contributed by atoms with Gasteiger partial charge in [-0.15, -0.1) is 0 Å². The van der Waals surface area contributed by atoms with Crippen molar-refractivity contribution in [1.82, 2.24) is 10.1 Å². The first-order valence-electron chi connectivity index (χ1n) is 8.75. The first-order valence-corrected chi connectivity index (χ1v) is 8.75. The number of ether oxygens (including phenoxy) is 1. The number of aromatic nitrogens is 1. The van der Waals surface area contributed by atoms with Crippen LogP contribution in [0.15, 0.2) is 22.7 Å². The number of carbonyl (C=O) groups is 1. The highest BCUT2D eigenvalue weighted by Crippen LogP contribution is 2.22. The Balaban J connectivity index is 1.73. The number of amides is 1. The van der Waals surface area contributed by atoms with Gasteiger partial charge in [0.1, 0.15) is 11.5 Å². The number of rotatable bonds is 8. The van der Waals surface area contributed by atoms with E-state index in [-0.39, 0.29) is 5.91 Å². The maximum absolute atomic E-state index is 12.3. The van der Waals surface area contributed by atoms with Crippen molar-refractivity contribution in [3.05, 3.63) is 46.3 Å². The van der Waals surface area contributed by atoms with Crippen LogP contribution in [-0.2, 0) is 11.2 Å². The fraction of sp³-hybridized carbons (Fsp3) is 0.500. The summed E-state index contributed by atoms with van der Waals surface area (Å²) in [6.45, 7) is 9.18. The van der Waals surface area contributed by atoms with Gasteiger partial charge < -0.3 is 14.2 Å². The topological polar surface area (TPSA) is 55.6 Å². The average molecular weight is 344 g/mol. The van der Waals surface area contributed by atoms with Crippen LogP contribution >= 0.6 is 0 Å². The second kappa shape index (κ2) is 8.70. The molecule has 0 aliphatic carbocycles. The summed E-state index contributed by atoms with van der Waals surface area (Å²) in [5.41, 5.74) is 4.20. The summed E-state index contributed by atoms with van der Waals surface area (Å²) in [6.07, 6.45) is 1.95. The Morgan fingerprint density at radius 3 is 2.48 bits per heavy atom. The second-order valence-corrected chi connectivity index (χ2v) is 6.54. The molecule has 0 saturated heterocycles. The Kier molecular flexibility index (Phi) is 6.62. The molecule has 1 aromatic heterocycles. The van der Waals surface area contributed by atoms with Gasteiger partial charge in [0.05, 0.1) is 12.3 Å². The fourth-order valence-electron chi connectivity index (χ4n) is 2.91. The Labute approximate surface area is 150 Å². The summed E-state index contributed by atoms with van der Waals surface area (Å²) in [5, 5.41) is 3.93. The maximum Gasteiger partial charge on any atom is 0.222 e. The van der Waals surface area contributed by atoms with E-state index in [1.165, 1.54) is 0 Å². The molecule has 25 heavy (non-hydrogen) atoms. The van der Waals surface area contributed by atoms with Crippen LogP contribution in [0.5, 0.6) is 5.75 Å². The Hall–Kier alpha value is -2.30. The van der Waals surface area contributed by atoms with Crippen LogP contribution in [0, 0.1) is 27.7 Å². The third kappa shape index (κ3) is 5.08. The van der Waals surface area contributed by atoms with Gasteiger partial charge in [-0.3, -0.25) is 4.79 Å². The van der Waals surface area contributed by atoms with Crippen molar-refractivity contribution in [1.29, 1.82) is 0 Å². The smallest absolute Gasteiger partial charge is 0.222 e. The number of benzene rings is 1. The predicted molar refractivity (Wildman–Crippen MR) is 98.0 cm³/mol. The normalized spacial score (nSPS) is 10.8. The number of para-hydroxylation sites is 1. The van der Waals surface area contributed by atoms with E-state index >= 15 is 0 Å². The summed E-state index contributed by atoms with van der Waals surface area (Å²) in [4.78, 5) is 14.0. The van der Waals surface area contributed by atoms with E-state index < -0.39 is 0 Å². The Morgan fingerprint density at radius 2 is 1.88 bits per heavy atom. The molecule has 2 aromatic rings. The highest BCUT2D eigenvalue weighted by Gasteiger charge is 2.13. The van der Waals surface area contributed by atoms with Crippen LogP contribution < -0.4 is 4.74 Å². The molecule has 0 aliphatic rings. The molecule has 0 fully saturated rings. The molecule has 1 amide bonds. The molecule has 5 nitrogen and oxygen atoms in total. The van der Waals surface area contributed by atoms with Crippen LogP contribution in [0.1, 0.15) is 41.0 Å². The highest BCUT2D eigenvalue weighted by molar-refractivity contribution is 5.76. The van der Waals surface area contributed by atoms with Crippen LogP contribution in [0.3, 0.4) is 0 Å². The van der Waals surface area contributed by atoms with Gasteiger partial charge in [0, 0.05) is 25.6 Å². The maximum atomic E-state index is 12.3. The van der Waals surface area contributed by atoms with Crippen LogP contribution in [-0.4, -0.2) is 36.2 Å². The summed E-state index contributed by atoms with van der Waals surface area (Å²) < 4.78 is 11.0. The zero-order valence-electron chi connectivity index (χ0n) is 15.9. The minimum Gasteiger partial charge on any atom is -0.493 e. The number of aryl methyl sites for hydroxylation is 4. The molecule has 0 unspecified atom stereocenters. The molecule has 0 saturated carbocycles. The van der Waals surface area contributed by atoms with Crippen molar-refractivity contribution in [2.24, 2.45) is 0 Å². The van der Waals surface area contributed by atoms with Gasteiger partial charge in [0.25, 0.3) is 0 Å². The lowest BCUT2D eigenvalue weighted by atomic mass is 10.1. The molecule has 0 spiro atoms. The summed E-state index contributed by atoms with van der Waals surface area (Å²) in [6, 6.07) is 6.13. The Bertz CT molecular complexity index is 682. The third-order valence-electron chi connectivity index (χ3n) is 4.49. The van der Waals surface area contributed by atoms with Crippen molar-refractivity contribution in [3.8, 4) is 5.75 Å². The summed E-state index contributed by atoms with van der Waals surface area (Å²) in [5.74, 6) is 1.89. The van der Waals surface area contributed by atoms with E-state index in [9.17, 15) is 4.79 Å². The van der Waals surface area contributed by atoms with Gasteiger partial charge in [-0.2, -0.15) is 0 Å².